The molecule has 6 heteroatoms. The summed E-state index contributed by atoms with van der Waals surface area (Å²) in [4.78, 5) is 0. The number of alkyl halides is 3. The van der Waals surface area contributed by atoms with Gasteiger partial charge in [0.05, 0.1) is 12.7 Å². The molecule has 0 spiro atoms. The predicted octanol–water partition coefficient (Wildman–Crippen LogP) is 3.02. The van der Waals surface area contributed by atoms with Gasteiger partial charge < -0.3 is 15.2 Å². The zero-order valence-corrected chi connectivity index (χ0v) is 12.1. The molecule has 120 valence electrons. The summed E-state index contributed by atoms with van der Waals surface area (Å²) in [6.07, 6.45) is -0.585. The molecule has 1 aliphatic carbocycles. The minimum atomic E-state index is -4.10. The molecule has 2 atom stereocenters. The fraction of sp³-hybridized carbons (Fsp3) is 1.00. The van der Waals surface area contributed by atoms with Crippen molar-refractivity contribution in [3.63, 3.8) is 0 Å². The third kappa shape index (κ3) is 6.41. The molecule has 0 aromatic heterocycles. The van der Waals surface area contributed by atoms with E-state index in [1.807, 2.05) is 0 Å². The van der Waals surface area contributed by atoms with Crippen LogP contribution in [0.4, 0.5) is 13.2 Å². The molecule has 1 saturated carbocycles. The van der Waals surface area contributed by atoms with E-state index in [0.717, 1.165) is 32.2 Å². The second-order valence-electron chi connectivity index (χ2n) is 5.67. The van der Waals surface area contributed by atoms with Crippen molar-refractivity contribution in [3.05, 3.63) is 0 Å². The molecule has 0 amide bonds. The Kier molecular flexibility index (Phi) is 7.26. The highest BCUT2D eigenvalue weighted by Crippen LogP contribution is 2.30. The smallest absolute Gasteiger partial charge is 0.389 e. The van der Waals surface area contributed by atoms with Crippen LogP contribution in [0.2, 0.25) is 0 Å². The molecule has 0 saturated heterocycles. The zero-order chi connectivity index (χ0) is 15.1. The summed E-state index contributed by atoms with van der Waals surface area (Å²) in [6.45, 7) is 3.09. The molecular formula is C14H26F3NO2. The van der Waals surface area contributed by atoms with Crippen LogP contribution in [-0.2, 0) is 4.74 Å². The lowest BCUT2D eigenvalue weighted by Crippen LogP contribution is -2.53. The van der Waals surface area contributed by atoms with E-state index in [2.05, 4.69) is 12.2 Å². The molecule has 1 aliphatic rings. The van der Waals surface area contributed by atoms with Gasteiger partial charge in [0.25, 0.3) is 0 Å². The molecule has 0 aliphatic heterocycles. The quantitative estimate of drug-likeness (QED) is 0.677. The highest BCUT2D eigenvalue weighted by atomic mass is 19.4. The fourth-order valence-corrected chi connectivity index (χ4v) is 2.72. The summed E-state index contributed by atoms with van der Waals surface area (Å²) >= 11 is 0. The fourth-order valence-electron chi connectivity index (χ4n) is 2.72. The molecule has 1 fully saturated rings. The second kappa shape index (κ2) is 8.20. The van der Waals surface area contributed by atoms with Crippen molar-refractivity contribution in [2.75, 3.05) is 19.8 Å². The monoisotopic (exact) mass is 297 g/mol. The summed E-state index contributed by atoms with van der Waals surface area (Å²) in [7, 11) is 0. The molecule has 1 rings (SSSR count). The highest BCUT2D eigenvalue weighted by molar-refractivity contribution is 4.93. The van der Waals surface area contributed by atoms with Crippen molar-refractivity contribution in [2.24, 2.45) is 0 Å². The van der Waals surface area contributed by atoms with Gasteiger partial charge >= 0.3 is 6.18 Å². The van der Waals surface area contributed by atoms with Crippen LogP contribution in [0, 0.1) is 0 Å². The minimum Gasteiger partial charge on any atom is -0.394 e. The summed E-state index contributed by atoms with van der Waals surface area (Å²) in [5.74, 6) is 0. The van der Waals surface area contributed by atoms with Crippen LogP contribution < -0.4 is 5.32 Å². The maximum absolute atomic E-state index is 12.0. The van der Waals surface area contributed by atoms with Gasteiger partial charge in [-0.15, -0.1) is 0 Å². The third-order valence-corrected chi connectivity index (χ3v) is 3.81. The minimum absolute atomic E-state index is 0.00845. The SMILES string of the molecule is CCCNC1(CO)CCCC(OCCCC(F)(F)F)C1. The van der Waals surface area contributed by atoms with E-state index >= 15 is 0 Å². The topological polar surface area (TPSA) is 41.5 Å². The van der Waals surface area contributed by atoms with Crippen molar-refractivity contribution in [3.8, 4) is 0 Å². The van der Waals surface area contributed by atoms with Gasteiger partial charge in [-0.2, -0.15) is 13.2 Å². The van der Waals surface area contributed by atoms with Crippen LogP contribution in [0.5, 0.6) is 0 Å². The lowest BCUT2D eigenvalue weighted by Gasteiger charge is -2.40. The maximum atomic E-state index is 12.0. The van der Waals surface area contributed by atoms with Gasteiger partial charge in [-0.05, 0) is 45.1 Å². The van der Waals surface area contributed by atoms with E-state index in [4.69, 9.17) is 4.74 Å². The Morgan fingerprint density at radius 3 is 2.75 bits per heavy atom. The molecule has 0 aromatic rings. The highest BCUT2D eigenvalue weighted by Gasteiger charge is 2.35. The van der Waals surface area contributed by atoms with Gasteiger partial charge in [0.1, 0.15) is 0 Å². The molecule has 2 N–H and O–H groups in total. The van der Waals surface area contributed by atoms with Crippen molar-refractivity contribution in [2.45, 2.75) is 69.7 Å². The van der Waals surface area contributed by atoms with Crippen LogP contribution in [0.3, 0.4) is 0 Å². The van der Waals surface area contributed by atoms with E-state index in [-0.39, 0.29) is 31.3 Å². The van der Waals surface area contributed by atoms with Crippen LogP contribution >= 0.6 is 0 Å². The first-order valence-corrected chi connectivity index (χ1v) is 7.45. The molecule has 0 heterocycles. The summed E-state index contributed by atoms with van der Waals surface area (Å²) in [5.41, 5.74) is -0.317. The molecule has 0 radical (unpaired) electrons. The Morgan fingerprint density at radius 1 is 1.40 bits per heavy atom. The Hall–Kier alpha value is -0.330. The van der Waals surface area contributed by atoms with E-state index in [9.17, 15) is 18.3 Å². The zero-order valence-electron chi connectivity index (χ0n) is 12.1. The van der Waals surface area contributed by atoms with E-state index in [1.54, 1.807) is 0 Å². The Morgan fingerprint density at radius 2 is 2.15 bits per heavy atom. The maximum Gasteiger partial charge on any atom is 0.389 e. The van der Waals surface area contributed by atoms with Crippen molar-refractivity contribution in [1.82, 2.24) is 5.32 Å². The average molecular weight is 297 g/mol. The second-order valence-corrected chi connectivity index (χ2v) is 5.67. The lowest BCUT2D eigenvalue weighted by atomic mass is 9.80. The van der Waals surface area contributed by atoms with Crippen LogP contribution in [0.15, 0.2) is 0 Å². The first kappa shape index (κ1) is 17.7. The van der Waals surface area contributed by atoms with E-state index in [1.165, 1.54) is 0 Å². The number of halogens is 3. The third-order valence-electron chi connectivity index (χ3n) is 3.81. The van der Waals surface area contributed by atoms with Crippen molar-refractivity contribution in [1.29, 1.82) is 0 Å². The van der Waals surface area contributed by atoms with Gasteiger partial charge in [-0.1, -0.05) is 6.92 Å². The Labute approximate surface area is 118 Å². The van der Waals surface area contributed by atoms with Crippen LogP contribution in [0.1, 0.15) is 51.9 Å². The molecule has 0 aromatic carbocycles. The normalized spacial score (nSPS) is 27.8. The van der Waals surface area contributed by atoms with E-state index < -0.39 is 12.6 Å². The molecule has 2 unspecified atom stereocenters. The number of ether oxygens (including phenoxy) is 1. The molecule has 0 bridgehead atoms. The first-order chi connectivity index (χ1) is 9.41. The number of aliphatic hydroxyl groups excluding tert-OH is 1. The van der Waals surface area contributed by atoms with Crippen molar-refractivity contribution >= 4 is 0 Å². The van der Waals surface area contributed by atoms with Gasteiger partial charge in [0.15, 0.2) is 0 Å². The van der Waals surface area contributed by atoms with Gasteiger partial charge in [-0.25, -0.2) is 0 Å². The predicted molar refractivity (Wildman–Crippen MR) is 71.6 cm³/mol. The summed E-state index contributed by atoms with van der Waals surface area (Å²) in [5, 5.41) is 13.0. The summed E-state index contributed by atoms with van der Waals surface area (Å²) in [6, 6.07) is 0. The lowest BCUT2D eigenvalue weighted by molar-refractivity contribution is -0.139. The van der Waals surface area contributed by atoms with Crippen LogP contribution in [-0.4, -0.2) is 42.7 Å². The number of rotatable bonds is 8. The molecule has 3 nitrogen and oxygen atoms in total. The summed E-state index contributed by atoms with van der Waals surface area (Å²) < 4.78 is 41.7. The van der Waals surface area contributed by atoms with Crippen molar-refractivity contribution < 1.29 is 23.0 Å². The Bertz CT molecular complexity index is 274. The largest absolute Gasteiger partial charge is 0.394 e. The average Bonchev–Trinajstić information content (AvgIpc) is 2.41. The standard InChI is InChI=1S/C14H26F3NO2/c1-2-8-18-13(11-19)6-3-5-12(10-13)20-9-4-7-14(15,16)17/h12,18-19H,2-11H2,1H3. The number of hydrogen-bond donors (Lipinski definition) is 2. The number of nitrogens with one attached hydrogen (secondary N) is 1. The van der Waals surface area contributed by atoms with Crippen LogP contribution in [0.25, 0.3) is 0 Å². The van der Waals surface area contributed by atoms with Gasteiger partial charge in [0, 0.05) is 18.6 Å². The molecular weight excluding hydrogens is 271 g/mol. The van der Waals surface area contributed by atoms with Gasteiger partial charge in [0.2, 0.25) is 0 Å². The first-order valence-electron chi connectivity index (χ1n) is 7.45. The molecule has 20 heavy (non-hydrogen) atoms. The number of hydrogen-bond acceptors (Lipinski definition) is 3. The van der Waals surface area contributed by atoms with E-state index in [0.29, 0.717) is 6.42 Å². The Balaban J connectivity index is 2.32. The van der Waals surface area contributed by atoms with Gasteiger partial charge in [-0.3, -0.25) is 0 Å². The number of aliphatic hydroxyl groups is 1.